The van der Waals surface area contributed by atoms with Gasteiger partial charge in [0, 0.05) is 12.8 Å². The van der Waals surface area contributed by atoms with E-state index in [2.05, 4.69) is 15.1 Å². The maximum absolute atomic E-state index is 11.8. The van der Waals surface area contributed by atoms with Crippen molar-refractivity contribution in [2.75, 3.05) is 36.8 Å². The molecule has 20 heavy (non-hydrogen) atoms. The Labute approximate surface area is 119 Å². The monoisotopic (exact) mass is 302 g/mol. The van der Waals surface area contributed by atoms with Gasteiger partial charge >= 0.3 is 0 Å². The standard InChI is InChI=1S/C12H22N4O3S/c1-2-19-7-8-20(17,18)15-11-9-14-16(10-11)12-3-5-13-6-4-12/h9-10,12-13,15H,2-8H2,1H3. The number of ether oxygens (including phenoxy) is 1. The molecule has 2 rings (SSSR count). The van der Waals surface area contributed by atoms with Crippen LogP contribution in [-0.2, 0) is 14.8 Å². The van der Waals surface area contributed by atoms with E-state index in [1.165, 1.54) is 0 Å². The van der Waals surface area contributed by atoms with Gasteiger partial charge < -0.3 is 10.1 Å². The average Bonchev–Trinajstić information content (AvgIpc) is 2.87. The van der Waals surface area contributed by atoms with Gasteiger partial charge in [0.15, 0.2) is 0 Å². The Morgan fingerprint density at radius 1 is 1.50 bits per heavy atom. The van der Waals surface area contributed by atoms with Crippen LogP contribution in [0.4, 0.5) is 5.69 Å². The lowest BCUT2D eigenvalue weighted by Crippen LogP contribution is -2.29. The molecule has 0 bridgehead atoms. The number of piperidine rings is 1. The lowest BCUT2D eigenvalue weighted by atomic mass is 10.1. The van der Waals surface area contributed by atoms with E-state index < -0.39 is 10.0 Å². The fraction of sp³-hybridized carbons (Fsp3) is 0.750. The second-order valence-electron chi connectivity index (χ2n) is 4.81. The van der Waals surface area contributed by atoms with E-state index in [0.717, 1.165) is 25.9 Å². The Morgan fingerprint density at radius 3 is 2.95 bits per heavy atom. The SMILES string of the molecule is CCOCCS(=O)(=O)Nc1cnn(C2CCNCC2)c1. The Bertz CT molecular complexity index is 509. The molecule has 0 aromatic carbocycles. The van der Waals surface area contributed by atoms with Gasteiger partial charge in [0.1, 0.15) is 0 Å². The minimum Gasteiger partial charge on any atom is -0.381 e. The molecule has 1 aromatic rings. The molecule has 0 unspecified atom stereocenters. The van der Waals surface area contributed by atoms with Gasteiger partial charge in [-0.2, -0.15) is 5.10 Å². The summed E-state index contributed by atoms with van der Waals surface area (Å²) in [5.74, 6) is -0.0423. The molecular weight excluding hydrogens is 280 g/mol. The first-order valence-electron chi connectivity index (χ1n) is 6.94. The first-order chi connectivity index (χ1) is 9.61. The van der Waals surface area contributed by atoms with Crippen LogP contribution in [0, 0.1) is 0 Å². The minimum absolute atomic E-state index is 0.0423. The second kappa shape index (κ2) is 7.05. The molecule has 2 heterocycles. The van der Waals surface area contributed by atoms with Gasteiger partial charge in [0.2, 0.25) is 10.0 Å². The van der Waals surface area contributed by atoms with Crippen LogP contribution < -0.4 is 10.0 Å². The zero-order valence-corrected chi connectivity index (χ0v) is 12.5. The summed E-state index contributed by atoms with van der Waals surface area (Å²) in [6, 6.07) is 0.345. The van der Waals surface area contributed by atoms with E-state index in [1.807, 2.05) is 11.6 Å². The third-order valence-corrected chi connectivity index (χ3v) is 4.51. The highest BCUT2D eigenvalue weighted by Crippen LogP contribution is 2.19. The van der Waals surface area contributed by atoms with E-state index >= 15 is 0 Å². The number of anilines is 1. The summed E-state index contributed by atoms with van der Waals surface area (Å²) in [4.78, 5) is 0. The quantitative estimate of drug-likeness (QED) is 0.720. The molecule has 0 saturated carbocycles. The number of hydrogen-bond acceptors (Lipinski definition) is 5. The van der Waals surface area contributed by atoms with Gasteiger partial charge in [-0.3, -0.25) is 9.40 Å². The highest BCUT2D eigenvalue weighted by molar-refractivity contribution is 7.92. The first-order valence-corrected chi connectivity index (χ1v) is 8.59. The highest BCUT2D eigenvalue weighted by atomic mass is 32.2. The first kappa shape index (κ1) is 15.3. The predicted molar refractivity (Wildman–Crippen MR) is 77.3 cm³/mol. The topological polar surface area (TPSA) is 85.2 Å². The fourth-order valence-electron chi connectivity index (χ4n) is 2.21. The number of nitrogens with one attached hydrogen (secondary N) is 2. The summed E-state index contributed by atoms with van der Waals surface area (Å²) in [5, 5.41) is 7.54. The van der Waals surface area contributed by atoms with E-state index in [0.29, 0.717) is 18.3 Å². The summed E-state index contributed by atoms with van der Waals surface area (Å²) >= 11 is 0. The maximum atomic E-state index is 11.8. The van der Waals surface area contributed by atoms with Gasteiger partial charge in [0.25, 0.3) is 0 Å². The van der Waals surface area contributed by atoms with Gasteiger partial charge in [-0.25, -0.2) is 8.42 Å². The van der Waals surface area contributed by atoms with Crippen LogP contribution in [0.5, 0.6) is 0 Å². The molecule has 0 aliphatic carbocycles. The molecular formula is C12H22N4O3S. The third kappa shape index (κ3) is 4.46. The average molecular weight is 302 g/mol. The van der Waals surface area contributed by atoms with Crippen molar-refractivity contribution in [3.63, 3.8) is 0 Å². The highest BCUT2D eigenvalue weighted by Gasteiger charge is 2.17. The number of nitrogens with zero attached hydrogens (tertiary/aromatic N) is 2. The molecule has 8 heteroatoms. The molecule has 1 fully saturated rings. The normalized spacial score (nSPS) is 17.2. The van der Waals surface area contributed by atoms with Crippen LogP contribution in [0.25, 0.3) is 0 Å². The van der Waals surface area contributed by atoms with Crippen LogP contribution in [0.2, 0.25) is 0 Å². The van der Waals surface area contributed by atoms with Crippen LogP contribution in [0.1, 0.15) is 25.8 Å². The smallest absolute Gasteiger partial charge is 0.235 e. The molecule has 7 nitrogen and oxygen atoms in total. The molecule has 0 spiro atoms. The van der Waals surface area contributed by atoms with Gasteiger partial charge in [0.05, 0.1) is 30.3 Å². The lowest BCUT2D eigenvalue weighted by Gasteiger charge is -2.22. The summed E-state index contributed by atoms with van der Waals surface area (Å²) in [5.41, 5.74) is 0.514. The van der Waals surface area contributed by atoms with Crippen LogP contribution in [0.15, 0.2) is 12.4 Å². The molecule has 1 saturated heterocycles. The Morgan fingerprint density at radius 2 is 2.25 bits per heavy atom. The van der Waals surface area contributed by atoms with E-state index in [-0.39, 0.29) is 12.4 Å². The van der Waals surface area contributed by atoms with E-state index in [9.17, 15) is 8.42 Å². The van der Waals surface area contributed by atoms with Crippen LogP contribution in [-0.4, -0.2) is 50.3 Å². The Kier molecular flexibility index (Phi) is 5.38. The third-order valence-electron chi connectivity index (χ3n) is 3.26. The fourth-order valence-corrected chi connectivity index (χ4v) is 3.11. The van der Waals surface area contributed by atoms with Crippen molar-refractivity contribution in [2.45, 2.75) is 25.8 Å². The van der Waals surface area contributed by atoms with Gasteiger partial charge in [-0.05, 0) is 32.9 Å². The molecule has 2 N–H and O–H groups in total. The van der Waals surface area contributed by atoms with Crippen LogP contribution in [0.3, 0.4) is 0 Å². The molecule has 0 atom stereocenters. The lowest BCUT2D eigenvalue weighted by molar-refractivity contribution is 0.163. The molecule has 0 amide bonds. The Balaban J connectivity index is 1.91. The zero-order chi connectivity index (χ0) is 14.4. The van der Waals surface area contributed by atoms with Crippen molar-refractivity contribution < 1.29 is 13.2 Å². The zero-order valence-electron chi connectivity index (χ0n) is 11.7. The van der Waals surface area contributed by atoms with Gasteiger partial charge in [-0.15, -0.1) is 0 Å². The van der Waals surface area contributed by atoms with Crippen molar-refractivity contribution in [3.05, 3.63) is 12.4 Å². The summed E-state index contributed by atoms with van der Waals surface area (Å²) < 4.78 is 33.1. The number of hydrogen-bond donors (Lipinski definition) is 2. The Hall–Kier alpha value is -1.12. The molecule has 1 aliphatic rings. The minimum atomic E-state index is -3.36. The summed E-state index contributed by atoms with van der Waals surface area (Å²) in [6.45, 7) is 4.50. The van der Waals surface area contributed by atoms with Crippen molar-refractivity contribution >= 4 is 15.7 Å². The predicted octanol–water partition coefficient (Wildman–Crippen LogP) is 0.586. The number of aromatic nitrogens is 2. The molecule has 114 valence electrons. The molecule has 1 aliphatic heterocycles. The maximum Gasteiger partial charge on any atom is 0.235 e. The number of rotatable bonds is 7. The van der Waals surface area contributed by atoms with E-state index in [1.54, 1.807) is 12.4 Å². The summed E-state index contributed by atoms with van der Waals surface area (Å²) in [6.07, 6.45) is 5.34. The molecule has 0 radical (unpaired) electrons. The van der Waals surface area contributed by atoms with Crippen LogP contribution >= 0.6 is 0 Å². The van der Waals surface area contributed by atoms with Crippen molar-refractivity contribution in [1.82, 2.24) is 15.1 Å². The second-order valence-corrected chi connectivity index (χ2v) is 6.65. The molecule has 1 aromatic heterocycles. The van der Waals surface area contributed by atoms with Gasteiger partial charge in [-0.1, -0.05) is 0 Å². The van der Waals surface area contributed by atoms with Crippen molar-refractivity contribution in [3.8, 4) is 0 Å². The van der Waals surface area contributed by atoms with Crippen molar-refractivity contribution in [1.29, 1.82) is 0 Å². The van der Waals surface area contributed by atoms with Crippen molar-refractivity contribution in [2.24, 2.45) is 0 Å². The largest absolute Gasteiger partial charge is 0.381 e. The number of sulfonamides is 1. The van der Waals surface area contributed by atoms with E-state index in [4.69, 9.17) is 4.74 Å². The summed E-state index contributed by atoms with van der Waals surface area (Å²) in [7, 11) is -3.36.